The molecule has 0 radical (unpaired) electrons. The summed E-state index contributed by atoms with van der Waals surface area (Å²) in [6.45, 7) is 9.15. The summed E-state index contributed by atoms with van der Waals surface area (Å²) in [5.41, 5.74) is 6.42. The van der Waals surface area contributed by atoms with E-state index in [0.29, 0.717) is 17.0 Å². The number of ether oxygens (including phenoxy) is 3. The molecule has 29 heavy (non-hydrogen) atoms. The molecule has 2 fully saturated rings. The predicted octanol–water partition coefficient (Wildman–Crippen LogP) is 1.48. The van der Waals surface area contributed by atoms with Crippen LogP contribution >= 0.6 is 0 Å². The number of amides is 1. The van der Waals surface area contributed by atoms with Gasteiger partial charge in [-0.15, -0.1) is 0 Å². The van der Waals surface area contributed by atoms with Crippen molar-refractivity contribution in [2.45, 2.75) is 70.3 Å². The normalized spacial score (nSPS) is 29.1. The summed E-state index contributed by atoms with van der Waals surface area (Å²) in [5, 5.41) is 15.5. The lowest BCUT2D eigenvalue weighted by atomic mass is 10.0. The summed E-state index contributed by atoms with van der Waals surface area (Å²) < 4.78 is 19.0. The van der Waals surface area contributed by atoms with E-state index in [4.69, 9.17) is 19.9 Å². The number of hydrogen-bond acceptors (Lipinski definition) is 8. The number of rotatable bonds is 1. The van der Waals surface area contributed by atoms with E-state index in [1.54, 1.807) is 51.3 Å². The molecule has 3 N–H and O–H groups in total. The van der Waals surface area contributed by atoms with Crippen LogP contribution in [0.4, 0.5) is 10.6 Å². The summed E-state index contributed by atoms with van der Waals surface area (Å²) >= 11 is 0. The first-order chi connectivity index (χ1) is 13.5. The average Bonchev–Trinajstić information content (AvgIpc) is 3.13. The molecule has 0 bridgehead atoms. The number of aliphatic hydroxyl groups excluding tert-OH is 1. The second-order valence-electron chi connectivity index (χ2n) is 8.88. The van der Waals surface area contributed by atoms with E-state index in [1.165, 1.54) is 11.2 Å². The third-order valence-electron chi connectivity index (χ3n) is 5.14. The van der Waals surface area contributed by atoms with Gasteiger partial charge in [0.25, 0.3) is 0 Å². The van der Waals surface area contributed by atoms with Crippen LogP contribution in [-0.4, -0.2) is 66.9 Å². The fourth-order valence-corrected chi connectivity index (χ4v) is 3.99. The second kappa shape index (κ2) is 6.54. The third kappa shape index (κ3) is 3.41. The van der Waals surface area contributed by atoms with Crippen molar-refractivity contribution in [1.29, 1.82) is 0 Å². The van der Waals surface area contributed by atoms with Gasteiger partial charge in [0.15, 0.2) is 11.6 Å². The van der Waals surface area contributed by atoms with Crippen molar-refractivity contribution in [1.82, 2.24) is 19.5 Å². The van der Waals surface area contributed by atoms with Crippen molar-refractivity contribution < 1.29 is 24.1 Å². The largest absolute Gasteiger partial charge is 0.444 e. The van der Waals surface area contributed by atoms with Crippen LogP contribution < -0.4 is 5.73 Å². The average molecular weight is 405 g/mol. The summed E-state index contributed by atoms with van der Waals surface area (Å²) in [6, 6.07) is 2.26. The summed E-state index contributed by atoms with van der Waals surface area (Å²) in [4.78, 5) is 18.6. The van der Waals surface area contributed by atoms with E-state index in [0.717, 1.165) is 0 Å². The van der Waals surface area contributed by atoms with Gasteiger partial charge in [0.05, 0.1) is 18.3 Å². The van der Waals surface area contributed by atoms with Gasteiger partial charge in [-0.25, -0.2) is 14.3 Å². The van der Waals surface area contributed by atoms with Gasteiger partial charge in [-0.1, -0.05) is 0 Å². The molecule has 1 amide bonds. The third-order valence-corrected chi connectivity index (χ3v) is 5.14. The summed E-state index contributed by atoms with van der Waals surface area (Å²) in [7, 11) is 0. The van der Waals surface area contributed by atoms with Gasteiger partial charge in [0.2, 0.25) is 0 Å². The number of aromatic nitrogens is 3. The molecule has 4 atom stereocenters. The minimum absolute atomic E-state index is 0.213. The van der Waals surface area contributed by atoms with Crippen LogP contribution in [0.25, 0.3) is 5.52 Å². The molecule has 0 saturated carbocycles. The molecular weight excluding hydrogens is 378 g/mol. The zero-order valence-electron chi connectivity index (χ0n) is 17.2. The Hall–Kier alpha value is -2.43. The molecule has 2 aromatic heterocycles. The minimum atomic E-state index is -1.01. The Morgan fingerprint density at radius 2 is 2.10 bits per heavy atom. The first-order valence-electron chi connectivity index (χ1n) is 9.58. The van der Waals surface area contributed by atoms with Gasteiger partial charge >= 0.3 is 6.09 Å². The van der Waals surface area contributed by atoms with Crippen molar-refractivity contribution in [2.75, 3.05) is 12.3 Å². The van der Waals surface area contributed by atoms with Crippen LogP contribution in [0.2, 0.25) is 0 Å². The fourth-order valence-electron chi connectivity index (χ4n) is 3.99. The Balaban J connectivity index is 1.80. The van der Waals surface area contributed by atoms with Gasteiger partial charge in [-0.3, -0.25) is 4.90 Å². The molecule has 2 aromatic rings. The molecule has 0 unspecified atom stereocenters. The van der Waals surface area contributed by atoms with Crippen molar-refractivity contribution in [3.63, 3.8) is 0 Å². The smallest absolute Gasteiger partial charge is 0.411 e. The number of hydrogen-bond donors (Lipinski definition) is 2. The minimum Gasteiger partial charge on any atom is -0.444 e. The molecule has 2 aliphatic heterocycles. The van der Waals surface area contributed by atoms with Crippen LogP contribution in [0, 0.1) is 0 Å². The number of carbonyl (C=O) groups excluding carboxylic acids is 1. The summed E-state index contributed by atoms with van der Waals surface area (Å²) in [6.07, 6.45) is -0.871. The van der Waals surface area contributed by atoms with Crippen LogP contribution in [-0.2, 0) is 14.2 Å². The zero-order valence-corrected chi connectivity index (χ0v) is 17.2. The predicted molar refractivity (Wildman–Crippen MR) is 103 cm³/mol. The van der Waals surface area contributed by atoms with Gasteiger partial charge in [0, 0.05) is 0 Å². The van der Waals surface area contributed by atoms with Crippen molar-refractivity contribution in [3.8, 4) is 0 Å². The van der Waals surface area contributed by atoms with Crippen LogP contribution in [0.3, 0.4) is 0 Å². The highest BCUT2D eigenvalue weighted by atomic mass is 16.7. The van der Waals surface area contributed by atoms with E-state index in [1.807, 2.05) is 0 Å². The lowest BCUT2D eigenvalue weighted by molar-refractivity contribution is -0.291. The first-order valence-corrected chi connectivity index (χ1v) is 9.58. The van der Waals surface area contributed by atoms with Gasteiger partial charge in [0.1, 0.15) is 35.7 Å². The number of anilines is 1. The maximum Gasteiger partial charge on any atom is 0.411 e. The standard InChI is InChI=1S/C19H27N5O5/c1-18(2,3)29-17(26)23-12-8-27-19(4,5)28-15(12)14(25)13(23)10-6-7-11-16(20)21-9-22-24(10)11/h6-7,9,12-15,25H,8H2,1-5H3,(H2,20,21,22)/t12-,13+,14+,15-/m1/s1. The number of fused-ring (bicyclic) bond motifs is 2. The van der Waals surface area contributed by atoms with Crippen molar-refractivity contribution >= 4 is 17.4 Å². The topological polar surface area (TPSA) is 124 Å². The van der Waals surface area contributed by atoms with E-state index in [9.17, 15) is 9.90 Å². The Morgan fingerprint density at radius 3 is 2.79 bits per heavy atom. The molecule has 10 heteroatoms. The quantitative estimate of drug-likeness (QED) is 0.731. The maximum atomic E-state index is 13.1. The van der Waals surface area contributed by atoms with Gasteiger partial charge in [-0.05, 0) is 46.8 Å². The van der Waals surface area contributed by atoms with E-state index < -0.39 is 41.8 Å². The van der Waals surface area contributed by atoms with Crippen LogP contribution in [0.5, 0.6) is 0 Å². The number of nitrogens with zero attached hydrogens (tertiary/aromatic N) is 4. The highest BCUT2D eigenvalue weighted by Gasteiger charge is 2.57. The molecular formula is C19H27N5O5. The number of carbonyl (C=O) groups is 1. The molecule has 2 saturated heterocycles. The molecule has 4 heterocycles. The van der Waals surface area contributed by atoms with Gasteiger partial charge < -0.3 is 25.1 Å². The monoisotopic (exact) mass is 405 g/mol. The fraction of sp³-hybridized carbons (Fsp3) is 0.632. The highest BCUT2D eigenvalue weighted by Crippen LogP contribution is 2.43. The van der Waals surface area contributed by atoms with E-state index in [2.05, 4.69) is 10.1 Å². The van der Waals surface area contributed by atoms with Crippen LogP contribution in [0.1, 0.15) is 46.4 Å². The highest BCUT2D eigenvalue weighted by molar-refractivity contribution is 5.71. The Labute approximate surface area is 168 Å². The van der Waals surface area contributed by atoms with Crippen molar-refractivity contribution in [3.05, 3.63) is 24.2 Å². The lowest BCUT2D eigenvalue weighted by Gasteiger charge is -2.40. The Kier molecular flexibility index (Phi) is 4.48. The molecule has 0 aromatic carbocycles. The second-order valence-corrected chi connectivity index (χ2v) is 8.88. The Bertz CT molecular complexity index is 937. The SMILES string of the molecule is CC(C)(C)OC(=O)N1[C@@H]2COC(C)(C)O[C@H]2[C@@H](O)[C@@H]1c1ccc2c(N)ncnn12. The maximum absolute atomic E-state index is 13.1. The molecule has 10 nitrogen and oxygen atoms in total. The number of nitrogen functional groups attached to an aromatic ring is 1. The Morgan fingerprint density at radius 1 is 1.38 bits per heavy atom. The number of nitrogens with two attached hydrogens (primary N) is 1. The molecule has 0 aliphatic carbocycles. The first kappa shape index (κ1) is 19.9. The van der Waals surface area contributed by atoms with Crippen molar-refractivity contribution in [2.24, 2.45) is 0 Å². The molecule has 158 valence electrons. The summed E-state index contributed by atoms with van der Waals surface area (Å²) in [5.74, 6) is -0.564. The molecule has 2 aliphatic rings. The van der Waals surface area contributed by atoms with Gasteiger partial charge in [-0.2, -0.15) is 5.10 Å². The number of aliphatic hydroxyl groups is 1. The number of likely N-dealkylation sites (tertiary alicyclic amines) is 1. The zero-order chi connectivity index (χ0) is 21.1. The molecule has 4 rings (SSSR count). The van der Waals surface area contributed by atoms with E-state index in [-0.39, 0.29) is 6.61 Å². The lowest BCUT2D eigenvalue weighted by Crippen LogP contribution is -2.54. The van der Waals surface area contributed by atoms with E-state index >= 15 is 0 Å². The molecule has 0 spiro atoms. The van der Waals surface area contributed by atoms with Crippen LogP contribution in [0.15, 0.2) is 18.5 Å².